The Morgan fingerprint density at radius 1 is 1.29 bits per heavy atom. The van der Waals surface area contributed by atoms with E-state index >= 15 is 0 Å². The Labute approximate surface area is 85.8 Å². The molecule has 1 rings (SSSR count). The van der Waals surface area contributed by atoms with Crippen molar-refractivity contribution in [1.29, 1.82) is 0 Å². The van der Waals surface area contributed by atoms with E-state index in [9.17, 15) is 8.76 Å². The monoisotopic (exact) mass is 222 g/mol. The number of hydrogen-bond donors (Lipinski definition) is 0. The highest BCUT2D eigenvalue weighted by molar-refractivity contribution is 7.54. The molecule has 0 aromatic rings. The van der Waals surface area contributed by atoms with Crippen molar-refractivity contribution in [2.75, 3.05) is 0 Å². The second kappa shape index (κ2) is 4.76. The summed E-state index contributed by atoms with van der Waals surface area (Å²) in [5.41, 5.74) is -0.512. The SMILES string of the molecule is CC1CCC(OP(=O)(F)C(C)C)CC1. The Balaban J connectivity index is 2.41. The van der Waals surface area contributed by atoms with Crippen molar-refractivity contribution in [2.45, 2.75) is 58.2 Å². The summed E-state index contributed by atoms with van der Waals surface area (Å²) in [5, 5.41) is 0. The molecule has 0 aromatic carbocycles. The first-order valence-corrected chi connectivity index (χ1v) is 6.98. The zero-order valence-electron chi connectivity index (χ0n) is 9.20. The van der Waals surface area contributed by atoms with Gasteiger partial charge >= 0.3 is 7.68 Å². The lowest BCUT2D eigenvalue weighted by atomic mass is 9.89. The van der Waals surface area contributed by atoms with Crippen LogP contribution in [0.25, 0.3) is 0 Å². The van der Waals surface area contributed by atoms with Crippen molar-refractivity contribution in [3.8, 4) is 0 Å². The van der Waals surface area contributed by atoms with Crippen LogP contribution < -0.4 is 0 Å². The fourth-order valence-electron chi connectivity index (χ4n) is 1.66. The van der Waals surface area contributed by atoms with Gasteiger partial charge in [0.05, 0.1) is 11.8 Å². The Morgan fingerprint density at radius 3 is 2.21 bits per heavy atom. The van der Waals surface area contributed by atoms with Crippen molar-refractivity contribution in [3.05, 3.63) is 0 Å². The Kier molecular flexibility index (Phi) is 4.15. The van der Waals surface area contributed by atoms with E-state index in [1.807, 2.05) is 0 Å². The number of hydrogen-bond acceptors (Lipinski definition) is 2. The van der Waals surface area contributed by atoms with Crippen molar-refractivity contribution in [2.24, 2.45) is 5.92 Å². The second-order valence-electron chi connectivity index (χ2n) is 4.60. The highest BCUT2D eigenvalue weighted by Gasteiger charge is 2.32. The van der Waals surface area contributed by atoms with Gasteiger partial charge in [0.2, 0.25) is 0 Å². The summed E-state index contributed by atoms with van der Waals surface area (Å²) in [6.07, 6.45) is 3.69. The fourth-order valence-corrected chi connectivity index (χ4v) is 2.52. The molecule has 0 N–H and O–H groups in total. The van der Waals surface area contributed by atoms with E-state index in [0.717, 1.165) is 25.7 Å². The molecule has 1 aliphatic rings. The van der Waals surface area contributed by atoms with Crippen LogP contribution in [-0.2, 0) is 9.09 Å². The second-order valence-corrected chi connectivity index (χ2v) is 6.89. The normalized spacial score (nSPS) is 32.9. The predicted octanol–water partition coefficient (Wildman–Crippen LogP) is 4.15. The van der Waals surface area contributed by atoms with Gasteiger partial charge in [-0.2, -0.15) is 4.20 Å². The highest BCUT2D eigenvalue weighted by Crippen LogP contribution is 2.55. The molecule has 1 aliphatic carbocycles. The van der Waals surface area contributed by atoms with Crippen molar-refractivity contribution < 1.29 is 13.3 Å². The number of halogens is 1. The van der Waals surface area contributed by atoms with E-state index < -0.39 is 13.3 Å². The molecule has 0 aliphatic heterocycles. The van der Waals surface area contributed by atoms with Crippen LogP contribution >= 0.6 is 7.68 Å². The summed E-state index contributed by atoms with van der Waals surface area (Å²) >= 11 is 0. The molecule has 0 radical (unpaired) electrons. The maximum Gasteiger partial charge on any atom is 0.370 e. The molecule has 1 fully saturated rings. The summed E-state index contributed by atoms with van der Waals surface area (Å²) in [7, 11) is -3.85. The molecular weight excluding hydrogens is 202 g/mol. The Bertz CT molecular complexity index is 222. The third kappa shape index (κ3) is 3.36. The zero-order chi connectivity index (χ0) is 10.8. The molecule has 2 nitrogen and oxygen atoms in total. The lowest BCUT2D eigenvalue weighted by molar-refractivity contribution is 0.126. The summed E-state index contributed by atoms with van der Waals surface area (Å²) in [6, 6.07) is 0. The largest absolute Gasteiger partial charge is 0.370 e. The van der Waals surface area contributed by atoms with Gasteiger partial charge in [0.25, 0.3) is 0 Å². The lowest BCUT2D eigenvalue weighted by Gasteiger charge is -2.28. The van der Waals surface area contributed by atoms with Gasteiger partial charge in [0, 0.05) is 0 Å². The van der Waals surface area contributed by atoms with Crippen LogP contribution in [0.3, 0.4) is 0 Å². The molecule has 1 atom stereocenters. The van der Waals surface area contributed by atoms with Gasteiger partial charge in [-0.15, -0.1) is 0 Å². The van der Waals surface area contributed by atoms with Gasteiger partial charge in [0.15, 0.2) is 0 Å². The van der Waals surface area contributed by atoms with E-state index in [4.69, 9.17) is 4.52 Å². The van der Waals surface area contributed by atoms with Crippen LogP contribution in [0.15, 0.2) is 0 Å². The molecule has 0 heterocycles. The maximum absolute atomic E-state index is 13.4. The van der Waals surface area contributed by atoms with Gasteiger partial charge < -0.3 is 4.52 Å². The van der Waals surface area contributed by atoms with Crippen LogP contribution in [0.4, 0.5) is 4.20 Å². The molecule has 0 spiro atoms. The summed E-state index contributed by atoms with van der Waals surface area (Å²) in [5.74, 6) is 0.702. The van der Waals surface area contributed by atoms with Crippen LogP contribution in [0.1, 0.15) is 46.5 Å². The van der Waals surface area contributed by atoms with Crippen molar-refractivity contribution in [3.63, 3.8) is 0 Å². The average Bonchev–Trinajstić information content (AvgIpc) is 2.08. The first-order valence-electron chi connectivity index (χ1n) is 5.39. The minimum absolute atomic E-state index is 0.121. The molecule has 14 heavy (non-hydrogen) atoms. The summed E-state index contributed by atoms with van der Waals surface area (Å²) in [6.45, 7) is 5.39. The summed E-state index contributed by atoms with van der Waals surface area (Å²) in [4.78, 5) is 0. The highest BCUT2D eigenvalue weighted by atomic mass is 31.2. The van der Waals surface area contributed by atoms with E-state index in [-0.39, 0.29) is 6.10 Å². The van der Waals surface area contributed by atoms with Crippen LogP contribution in [0.5, 0.6) is 0 Å². The molecule has 0 aromatic heterocycles. The molecule has 0 bridgehead atoms. The molecule has 1 unspecified atom stereocenters. The third-order valence-corrected chi connectivity index (χ3v) is 4.69. The van der Waals surface area contributed by atoms with Gasteiger partial charge in [-0.05, 0) is 31.6 Å². The van der Waals surface area contributed by atoms with Gasteiger partial charge in [-0.1, -0.05) is 20.8 Å². The fraction of sp³-hybridized carbons (Fsp3) is 1.00. The van der Waals surface area contributed by atoms with Gasteiger partial charge in [-0.25, -0.2) is 0 Å². The predicted molar refractivity (Wildman–Crippen MR) is 56.4 cm³/mol. The minimum Gasteiger partial charge on any atom is -0.302 e. The standard InChI is InChI=1S/C10H20FO2P/c1-8(2)14(11,12)13-10-6-4-9(3)5-7-10/h8-10H,4-7H2,1-3H3. The van der Waals surface area contributed by atoms with E-state index in [1.165, 1.54) is 0 Å². The Morgan fingerprint density at radius 2 is 1.79 bits per heavy atom. The molecule has 0 saturated heterocycles. The third-order valence-electron chi connectivity index (χ3n) is 2.87. The minimum atomic E-state index is -3.85. The van der Waals surface area contributed by atoms with E-state index in [2.05, 4.69) is 6.92 Å². The topological polar surface area (TPSA) is 26.3 Å². The average molecular weight is 222 g/mol. The van der Waals surface area contributed by atoms with Crippen molar-refractivity contribution >= 4 is 7.68 Å². The Hall–Kier alpha value is 0.120. The van der Waals surface area contributed by atoms with Gasteiger partial charge in [-0.3, -0.25) is 4.57 Å². The van der Waals surface area contributed by atoms with Crippen LogP contribution in [0, 0.1) is 5.92 Å². The molecular formula is C10H20FO2P. The van der Waals surface area contributed by atoms with Crippen LogP contribution in [-0.4, -0.2) is 11.8 Å². The van der Waals surface area contributed by atoms with E-state index in [1.54, 1.807) is 13.8 Å². The first kappa shape index (κ1) is 12.2. The van der Waals surface area contributed by atoms with Gasteiger partial charge in [0.1, 0.15) is 0 Å². The zero-order valence-corrected chi connectivity index (χ0v) is 10.1. The van der Waals surface area contributed by atoms with Crippen LogP contribution in [0.2, 0.25) is 0 Å². The molecule has 4 heteroatoms. The lowest BCUT2D eigenvalue weighted by Crippen LogP contribution is -2.20. The molecule has 1 saturated carbocycles. The van der Waals surface area contributed by atoms with Crippen molar-refractivity contribution in [1.82, 2.24) is 0 Å². The smallest absolute Gasteiger partial charge is 0.302 e. The van der Waals surface area contributed by atoms with E-state index in [0.29, 0.717) is 5.92 Å². The molecule has 84 valence electrons. The molecule has 0 amide bonds. The summed E-state index contributed by atoms with van der Waals surface area (Å²) < 4.78 is 29.9. The maximum atomic E-state index is 13.4. The number of rotatable bonds is 3. The quantitative estimate of drug-likeness (QED) is 0.670. The first-order chi connectivity index (χ1) is 6.42.